The standard InChI is InChI=1S/C15H17BrO2/c1-10-2-4-11(5-3-10)6-7-12-8-9-13(17)14(16)15(12)18/h2-5,12,14H,6-9H2,1H3. The van der Waals surface area contributed by atoms with Crippen LogP contribution >= 0.6 is 15.9 Å². The van der Waals surface area contributed by atoms with E-state index in [2.05, 4.69) is 47.1 Å². The lowest BCUT2D eigenvalue weighted by atomic mass is 9.83. The minimum atomic E-state index is -0.561. The highest BCUT2D eigenvalue weighted by Crippen LogP contribution is 2.27. The molecule has 96 valence electrons. The van der Waals surface area contributed by atoms with Gasteiger partial charge in [0.2, 0.25) is 0 Å². The molecule has 2 atom stereocenters. The zero-order valence-electron chi connectivity index (χ0n) is 10.5. The van der Waals surface area contributed by atoms with Gasteiger partial charge >= 0.3 is 0 Å². The summed E-state index contributed by atoms with van der Waals surface area (Å²) in [5, 5.41) is 0. The number of benzene rings is 1. The number of aryl methyl sites for hydroxylation is 2. The number of hydrogen-bond acceptors (Lipinski definition) is 2. The number of hydrogen-bond donors (Lipinski definition) is 0. The maximum atomic E-state index is 11.9. The Hall–Kier alpha value is -0.960. The van der Waals surface area contributed by atoms with Crippen LogP contribution in [0, 0.1) is 12.8 Å². The molecule has 1 fully saturated rings. The molecule has 2 rings (SSSR count). The third-order valence-electron chi connectivity index (χ3n) is 3.58. The molecule has 3 heteroatoms. The van der Waals surface area contributed by atoms with Crippen LogP contribution in [0.15, 0.2) is 24.3 Å². The topological polar surface area (TPSA) is 34.1 Å². The highest BCUT2D eigenvalue weighted by atomic mass is 79.9. The molecule has 0 spiro atoms. The molecule has 0 aliphatic heterocycles. The van der Waals surface area contributed by atoms with E-state index >= 15 is 0 Å². The number of carbonyl (C=O) groups is 2. The SMILES string of the molecule is Cc1ccc(CCC2CCC(=O)C(Br)C2=O)cc1. The average molecular weight is 309 g/mol. The molecule has 18 heavy (non-hydrogen) atoms. The first-order valence-corrected chi connectivity index (χ1v) is 7.25. The number of halogens is 1. The molecule has 0 aromatic heterocycles. The summed E-state index contributed by atoms with van der Waals surface area (Å²) in [5.41, 5.74) is 2.51. The van der Waals surface area contributed by atoms with Gasteiger partial charge in [-0.15, -0.1) is 0 Å². The van der Waals surface area contributed by atoms with E-state index in [9.17, 15) is 9.59 Å². The zero-order chi connectivity index (χ0) is 13.1. The molecule has 1 aromatic carbocycles. The molecule has 0 N–H and O–H groups in total. The normalized spacial score (nSPS) is 24.3. The van der Waals surface area contributed by atoms with Crippen molar-refractivity contribution in [3.8, 4) is 0 Å². The summed E-state index contributed by atoms with van der Waals surface area (Å²) in [5.74, 6) is 0.137. The fourth-order valence-electron chi connectivity index (χ4n) is 2.33. The van der Waals surface area contributed by atoms with Crippen LogP contribution in [0.5, 0.6) is 0 Å². The van der Waals surface area contributed by atoms with Gasteiger partial charge in [-0.1, -0.05) is 45.8 Å². The molecule has 1 aromatic rings. The van der Waals surface area contributed by atoms with E-state index in [1.54, 1.807) is 0 Å². The lowest BCUT2D eigenvalue weighted by molar-refractivity contribution is -0.131. The van der Waals surface area contributed by atoms with Crippen LogP contribution in [-0.4, -0.2) is 16.4 Å². The highest BCUT2D eigenvalue weighted by molar-refractivity contribution is 9.10. The van der Waals surface area contributed by atoms with Crippen molar-refractivity contribution in [1.29, 1.82) is 0 Å². The first-order valence-electron chi connectivity index (χ1n) is 6.34. The average Bonchev–Trinajstić information content (AvgIpc) is 2.37. The molecule has 0 amide bonds. The third-order valence-corrected chi connectivity index (χ3v) is 4.54. The number of Topliss-reactive ketones (excluding diaryl/α,β-unsaturated/α-hetero) is 2. The van der Waals surface area contributed by atoms with Gasteiger partial charge in [0.1, 0.15) is 4.83 Å². The smallest absolute Gasteiger partial charge is 0.157 e. The van der Waals surface area contributed by atoms with Crippen LogP contribution in [-0.2, 0) is 16.0 Å². The summed E-state index contributed by atoms with van der Waals surface area (Å²) in [4.78, 5) is 22.8. The van der Waals surface area contributed by atoms with Crippen LogP contribution in [0.2, 0.25) is 0 Å². The Kier molecular flexibility index (Phi) is 4.33. The van der Waals surface area contributed by atoms with Crippen molar-refractivity contribution in [2.45, 2.75) is 37.4 Å². The van der Waals surface area contributed by atoms with Crippen molar-refractivity contribution in [3.63, 3.8) is 0 Å². The summed E-state index contributed by atoms with van der Waals surface area (Å²) < 4.78 is 0. The van der Waals surface area contributed by atoms with E-state index in [4.69, 9.17) is 0 Å². The molecule has 0 radical (unpaired) electrons. The molecular weight excluding hydrogens is 292 g/mol. The Bertz CT molecular complexity index is 450. The van der Waals surface area contributed by atoms with Gasteiger partial charge in [0, 0.05) is 12.3 Å². The number of rotatable bonds is 3. The van der Waals surface area contributed by atoms with Crippen molar-refractivity contribution in [3.05, 3.63) is 35.4 Å². The van der Waals surface area contributed by atoms with Gasteiger partial charge in [-0.25, -0.2) is 0 Å². The van der Waals surface area contributed by atoms with Crippen LogP contribution in [0.4, 0.5) is 0 Å². The summed E-state index contributed by atoms with van der Waals surface area (Å²) in [6, 6.07) is 8.41. The maximum absolute atomic E-state index is 11.9. The summed E-state index contributed by atoms with van der Waals surface area (Å²) in [6.07, 6.45) is 2.99. The second kappa shape index (κ2) is 5.79. The largest absolute Gasteiger partial charge is 0.298 e. The lowest BCUT2D eigenvalue weighted by Gasteiger charge is -2.23. The van der Waals surface area contributed by atoms with Crippen molar-refractivity contribution in [2.75, 3.05) is 0 Å². The number of carbonyl (C=O) groups excluding carboxylic acids is 2. The van der Waals surface area contributed by atoms with Gasteiger partial charge in [-0.05, 0) is 31.7 Å². The fraction of sp³-hybridized carbons (Fsp3) is 0.467. The van der Waals surface area contributed by atoms with Crippen LogP contribution in [0.25, 0.3) is 0 Å². The van der Waals surface area contributed by atoms with Gasteiger partial charge in [-0.3, -0.25) is 9.59 Å². The minimum absolute atomic E-state index is 0.0339. The predicted molar refractivity (Wildman–Crippen MR) is 75.0 cm³/mol. The molecular formula is C15H17BrO2. The zero-order valence-corrected chi connectivity index (χ0v) is 12.1. The Morgan fingerprint density at radius 1 is 1.22 bits per heavy atom. The quantitative estimate of drug-likeness (QED) is 0.634. The lowest BCUT2D eigenvalue weighted by Crippen LogP contribution is -2.36. The van der Waals surface area contributed by atoms with E-state index < -0.39 is 4.83 Å². The van der Waals surface area contributed by atoms with Crippen molar-refractivity contribution < 1.29 is 9.59 Å². The molecule has 0 saturated heterocycles. The van der Waals surface area contributed by atoms with Crippen LogP contribution in [0.1, 0.15) is 30.4 Å². The van der Waals surface area contributed by atoms with E-state index in [0.29, 0.717) is 12.8 Å². The van der Waals surface area contributed by atoms with Crippen molar-refractivity contribution in [1.82, 2.24) is 0 Å². The predicted octanol–water partition coefficient (Wildman–Crippen LogP) is 3.24. The van der Waals surface area contributed by atoms with Gasteiger partial charge in [0.15, 0.2) is 11.6 Å². The van der Waals surface area contributed by atoms with Gasteiger partial charge in [-0.2, -0.15) is 0 Å². The second-order valence-corrected chi connectivity index (χ2v) is 5.91. The second-order valence-electron chi connectivity index (χ2n) is 4.99. The Balaban J connectivity index is 1.92. The molecule has 0 heterocycles. The van der Waals surface area contributed by atoms with Gasteiger partial charge in [0.05, 0.1) is 0 Å². The Morgan fingerprint density at radius 2 is 1.89 bits per heavy atom. The van der Waals surface area contributed by atoms with E-state index in [1.165, 1.54) is 11.1 Å². The summed E-state index contributed by atoms with van der Waals surface area (Å²) >= 11 is 3.20. The van der Waals surface area contributed by atoms with Gasteiger partial charge in [0.25, 0.3) is 0 Å². The monoisotopic (exact) mass is 308 g/mol. The fourth-order valence-corrected chi connectivity index (χ4v) is 2.94. The van der Waals surface area contributed by atoms with E-state index in [0.717, 1.165) is 12.8 Å². The Morgan fingerprint density at radius 3 is 2.56 bits per heavy atom. The molecule has 0 bridgehead atoms. The van der Waals surface area contributed by atoms with Crippen molar-refractivity contribution in [2.24, 2.45) is 5.92 Å². The molecule has 2 nitrogen and oxygen atoms in total. The van der Waals surface area contributed by atoms with Crippen LogP contribution < -0.4 is 0 Å². The first-order chi connectivity index (χ1) is 8.58. The maximum Gasteiger partial charge on any atom is 0.157 e. The first kappa shape index (κ1) is 13.5. The number of alkyl halides is 1. The third kappa shape index (κ3) is 3.08. The minimum Gasteiger partial charge on any atom is -0.298 e. The van der Waals surface area contributed by atoms with Gasteiger partial charge < -0.3 is 0 Å². The molecule has 1 aliphatic carbocycles. The highest BCUT2D eigenvalue weighted by Gasteiger charge is 2.34. The van der Waals surface area contributed by atoms with Crippen molar-refractivity contribution >= 4 is 27.5 Å². The summed E-state index contributed by atoms with van der Waals surface area (Å²) in [6.45, 7) is 2.06. The summed E-state index contributed by atoms with van der Waals surface area (Å²) in [7, 11) is 0. The number of ketones is 2. The molecule has 2 unspecified atom stereocenters. The molecule has 1 saturated carbocycles. The van der Waals surface area contributed by atoms with E-state index in [-0.39, 0.29) is 17.5 Å². The van der Waals surface area contributed by atoms with Crippen LogP contribution in [0.3, 0.4) is 0 Å². The van der Waals surface area contributed by atoms with E-state index in [1.807, 2.05) is 0 Å². The molecule has 1 aliphatic rings. The Labute approximate surface area is 116 Å².